The molecule has 2 heterocycles. The molecule has 2 N–H and O–H groups in total. The summed E-state index contributed by atoms with van der Waals surface area (Å²) in [5.74, 6) is 0.873. The van der Waals surface area contributed by atoms with Gasteiger partial charge in [-0.2, -0.15) is 5.26 Å². The zero-order valence-corrected chi connectivity index (χ0v) is 13.0. The van der Waals surface area contributed by atoms with Gasteiger partial charge in [-0.05, 0) is 49.1 Å². The summed E-state index contributed by atoms with van der Waals surface area (Å²) in [6.45, 7) is 6.17. The Morgan fingerprint density at radius 1 is 1.38 bits per heavy atom. The summed E-state index contributed by atoms with van der Waals surface area (Å²) < 4.78 is 0. The molecule has 0 amide bonds. The molecule has 1 aromatic rings. The number of piperidine rings is 1. The van der Waals surface area contributed by atoms with Gasteiger partial charge in [0.05, 0.1) is 5.56 Å². The number of hydrogen-bond donors (Lipinski definition) is 1. The Bertz CT molecular complexity index is 585. The Morgan fingerprint density at radius 3 is 2.86 bits per heavy atom. The fourth-order valence-corrected chi connectivity index (χ4v) is 3.50. The molecule has 0 radical (unpaired) electrons. The van der Waals surface area contributed by atoms with Gasteiger partial charge >= 0.3 is 0 Å². The van der Waals surface area contributed by atoms with E-state index >= 15 is 0 Å². The zero-order chi connectivity index (χ0) is 15.0. The van der Waals surface area contributed by atoms with E-state index in [-0.39, 0.29) is 11.5 Å². The van der Waals surface area contributed by atoms with Crippen LogP contribution in [0.2, 0.25) is 0 Å². The SMILES string of the molecule is CC1(C)CN(c2nc3c(cc2C#N)CCCC3)CCC1N. The van der Waals surface area contributed by atoms with Crippen LogP contribution in [0.3, 0.4) is 0 Å². The van der Waals surface area contributed by atoms with E-state index in [9.17, 15) is 5.26 Å². The Kier molecular flexibility index (Phi) is 3.62. The molecular formula is C17H24N4. The van der Waals surface area contributed by atoms with Crippen LogP contribution in [0.4, 0.5) is 5.82 Å². The highest BCUT2D eigenvalue weighted by atomic mass is 15.2. The average Bonchev–Trinajstić information content (AvgIpc) is 2.48. The molecule has 1 atom stereocenters. The summed E-state index contributed by atoms with van der Waals surface area (Å²) in [4.78, 5) is 7.12. The Hall–Kier alpha value is -1.60. The monoisotopic (exact) mass is 284 g/mol. The highest BCUT2D eigenvalue weighted by molar-refractivity contribution is 5.57. The standard InChI is InChI=1S/C17H24N4/c1-17(2)11-21(8-7-15(17)19)16-13(10-18)9-12-5-3-4-6-14(12)20-16/h9,15H,3-8,11,19H2,1-2H3. The summed E-state index contributed by atoms with van der Waals surface area (Å²) in [6.07, 6.45) is 5.49. The van der Waals surface area contributed by atoms with E-state index in [1.165, 1.54) is 24.1 Å². The van der Waals surface area contributed by atoms with Crippen LogP contribution in [0.5, 0.6) is 0 Å². The molecule has 1 saturated heterocycles. The van der Waals surface area contributed by atoms with E-state index in [1.54, 1.807) is 0 Å². The maximum absolute atomic E-state index is 9.49. The van der Waals surface area contributed by atoms with E-state index in [2.05, 4.69) is 30.9 Å². The lowest BCUT2D eigenvalue weighted by Gasteiger charge is -2.43. The number of nitriles is 1. The van der Waals surface area contributed by atoms with Gasteiger partial charge in [0.15, 0.2) is 0 Å². The zero-order valence-electron chi connectivity index (χ0n) is 13.0. The number of aryl methyl sites for hydroxylation is 2. The van der Waals surface area contributed by atoms with Gasteiger partial charge in [-0.15, -0.1) is 0 Å². The third-order valence-corrected chi connectivity index (χ3v) is 5.01. The van der Waals surface area contributed by atoms with Crippen molar-refractivity contribution in [2.24, 2.45) is 11.1 Å². The molecule has 4 heteroatoms. The van der Waals surface area contributed by atoms with Crippen molar-refractivity contribution in [3.05, 3.63) is 22.9 Å². The van der Waals surface area contributed by atoms with Crippen LogP contribution in [-0.4, -0.2) is 24.1 Å². The maximum Gasteiger partial charge on any atom is 0.146 e. The first kappa shape index (κ1) is 14.3. The Morgan fingerprint density at radius 2 is 2.14 bits per heavy atom. The van der Waals surface area contributed by atoms with Gasteiger partial charge in [-0.25, -0.2) is 4.98 Å². The summed E-state index contributed by atoms with van der Waals surface area (Å²) >= 11 is 0. The van der Waals surface area contributed by atoms with Gasteiger partial charge in [-0.3, -0.25) is 0 Å². The number of anilines is 1. The molecule has 21 heavy (non-hydrogen) atoms. The van der Waals surface area contributed by atoms with E-state index in [1.807, 2.05) is 0 Å². The molecular weight excluding hydrogens is 260 g/mol. The van der Waals surface area contributed by atoms with Crippen LogP contribution in [0, 0.1) is 16.7 Å². The molecule has 1 unspecified atom stereocenters. The van der Waals surface area contributed by atoms with Gasteiger partial charge < -0.3 is 10.6 Å². The van der Waals surface area contributed by atoms with Crippen molar-refractivity contribution < 1.29 is 0 Å². The van der Waals surface area contributed by atoms with Gasteiger partial charge in [0.1, 0.15) is 11.9 Å². The van der Waals surface area contributed by atoms with E-state index in [0.717, 1.165) is 43.7 Å². The normalized spacial score (nSPS) is 24.3. The van der Waals surface area contributed by atoms with E-state index in [0.29, 0.717) is 0 Å². The number of aromatic nitrogens is 1. The first-order valence-corrected chi connectivity index (χ1v) is 7.95. The lowest BCUT2D eigenvalue weighted by molar-refractivity contribution is 0.244. The van der Waals surface area contributed by atoms with Crippen LogP contribution in [0.1, 0.15) is 49.9 Å². The van der Waals surface area contributed by atoms with Crippen LogP contribution < -0.4 is 10.6 Å². The Balaban J connectivity index is 1.96. The molecule has 0 aromatic carbocycles. The van der Waals surface area contributed by atoms with Crippen molar-refractivity contribution in [3.8, 4) is 6.07 Å². The molecule has 1 aliphatic heterocycles. The lowest BCUT2D eigenvalue weighted by atomic mass is 9.79. The number of nitrogens with zero attached hydrogens (tertiary/aromatic N) is 3. The number of rotatable bonds is 1. The minimum Gasteiger partial charge on any atom is -0.355 e. The number of nitrogens with two attached hydrogens (primary N) is 1. The van der Waals surface area contributed by atoms with Crippen LogP contribution >= 0.6 is 0 Å². The Labute approximate surface area is 127 Å². The first-order valence-electron chi connectivity index (χ1n) is 7.95. The third kappa shape index (κ3) is 2.63. The molecule has 1 aromatic heterocycles. The maximum atomic E-state index is 9.49. The smallest absolute Gasteiger partial charge is 0.146 e. The fourth-order valence-electron chi connectivity index (χ4n) is 3.50. The van der Waals surface area contributed by atoms with Gasteiger partial charge in [-0.1, -0.05) is 13.8 Å². The number of fused-ring (bicyclic) bond motifs is 1. The van der Waals surface area contributed by atoms with Gasteiger partial charge in [0.25, 0.3) is 0 Å². The number of hydrogen-bond acceptors (Lipinski definition) is 4. The van der Waals surface area contributed by atoms with Crippen molar-refractivity contribution in [1.82, 2.24) is 4.98 Å². The minimum atomic E-state index is 0.0581. The molecule has 0 bridgehead atoms. The van der Waals surface area contributed by atoms with E-state index < -0.39 is 0 Å². The molecule has 3 rings (SSSR count). The van der Waals surface area contributed by atoms with Crippen LogP contribution in [-0.2, 0) is 12.8 Å². The van der Waals surface area contributed by atoms with Crippen LogP contribution in [0.25, 0.3) is 0 Å². The second-order valence-electron chi connectivity index (χ2n) is 7.09. The fraction of sp³-hybridized carbons (Fsp3) is 0.647. The molecule has 4 nitrogen and oxygen atoms in total. The predicted molar refractivity (Wildman–Crippen MR) is 84.2 cm³/mol. The van der Waals surface area contributed by atoms with Crippen LogP contribution in [0.15, 0.2) is 6.07 Å². The van der Waals surface area contributed by atoms with Crippen molar-refractivity contribution >= 4 is 5.82 Å². The summed E-state index contributed by atoms with van der Waals surface area (Å²) in [5, 5.41) is 9.49. The van der Waals surface area contributed by atoms with Crippen molar-refractivity contribution in [2.45, 2.75) is 52.0 Å². The van der Waals surface area contributed by atoms with Crippen molar-refractivity contribution in [1.29, 1.82) is 5.26 Å². The molecule has 1 fully saturated rings. The molecule has 0 spiro atoms. The summed E-state index contributed by atoms with van der Waals surface area (Å²) in [6, 6.07) is 4.63. The minimum absolute atomic E-state index is 0.0581. The predicted octanol–water partition coefficient (Wildman–Crippen LogP) is 2.40. The summed E-state index contributed by atoms with van der Waals surface area (Å²) in [5.41, 5.74) is 9.47. The largest absolute Gasteiger partial charge is 0.355 e. The second-order valence-corrected chi connectivity index (χ2v) is 7.09. The third-order valence-electron chi connectivity index (χ3n) is 5.01. The highest BCUT2D eigenvalue weighted by Crippen LogP contribution is 2.33. The molecule has 0 saturated carbocycles. The van der Waals surface area contributed by atoms with Gasteiger partial charge in [0, 0.05) is 24.8 Å². The topological polar surface area (TPSA) is 65.9 Å². The van der Waals surface area contributed by atoms with Crippen molar-refractivity contribution in [3.63, 3.8) is 0 Å². The average molecular weight is 284 g/mol. The van der Waals surface area contributed by atoms with Gasteiger partial charge in [0.2, 0.25) is 0 Å². The lowest BCUT2D eigenvalue weighted by Crippen LogP contribution is -2.53. The summed E-state index contributed by atoms with van der Waals surface area (Å²) in [7, 11) is 0. The highest BCUT2D eigenvalue weighted by Gasteiger charge is 2.35. The molecule has 2 aliphatic rings. The molecule has 112 valence electrons. The number of pyridine rings is 1. The van der Waals surface area contributed by atoms with E-state index in [4.69, 9.17) is 10.7 Å². The quantitative estimate of drug-likeness (QED) is 0.860. The second kappa shape index (κ2) is 5.31. The molecule has 1 aliphatic carbocycles. The first-order chi connectivity index (χ1) is 10.0. The van der Waals surface area contributed by atoms with Crippen molar-refractivity contribution in [2.75, 3.05) is 18.0 Å².